The van der Waals surface area contributed by atoms with Gasteiger partial charge in [0.15, 0.2) is 0 Å². The standard InChI is InChI=1S/C15H18O5/c1-11(2)15(18)20-10-9-19-14(17)8-5-12-3-6-13(16)7-4-12/h3,5-6,8,16H,1,4,7,9-10H2,2H3/b8-5+. The summed E-state index contributed by atoms with van der Waals surface area (Å²) in [4.78, 5) is 22.4. The van der Waals surface area contributed by atoms with Crippen LogP contribution in [0.1, 0.15) is 19.8 Å². The quantitative estimate of drug-likeness (QED) is 0.459. The molecule has 1 N–H and O–H groups in total. The maximum atomic E-state index is 11.4. The molecule has 0 atom stereocenters. The lowest BCUT2D eigenvalue weighted by molar-refractivity contribution is -0.146. The Morgan fingerprint density at radius 2 is 2.00 bits per heavy atom. The van der Waals surface area contributed by atoms with Crippen LogP contribution in [0.15, 0.2) is 47.8 Å². The van der Waals surface area contributed by atoms with E-state index in [0.29, 0.717) is 24.2 Å². The van der Waals surface area contributed by atoms with Crippen LogP contribution in [0.3, 0.4) is 0 Å². The van der Waals surface area contributed by atoms with Crippen molar-refractivity contribution in [3.8, 4) is 0 Å². The van der Waals surface area contributed by atoms with Crippen LogP contribution in [-0.4, -0.2) is 30.3 Å². The fourth-order valence-electron chi connectivity index (χ4n) is 1.40. The molecule has 1 rings (SSSR count). The minimum absolute atomic E-state index is 0.00192. The largest absolute Gasteiger partial charge is 0.512 e. The molecule has 0 bridgehead atoms. The monoisotopic (exact) mass is 278 g/mol. The van der Waals surface area contributed by atoms with Gasteiger partial charge in [0.2, 0.25) is 0 Å². The molecular weight excluding hydrogens is 260 g/mol. The lowest BCUT2D eigenvalue weighted by Gasteiger charge is -2.07. The van der Waals surface area contributed by atoms with Gasteiger partial charge < -0.3 is 14.6 Å². The predicted molar refractivity (Wildman–Crippen MR) is 73.9 cm³/mol. The van der Waals surface area contributed by atoms with Crippen LogP contribution in [0.4, 0.5) is 0 Å². The van der Waals surface area contributed by atoms with Crippen molar-refractivity contribution in [1.82, 2.24) is 0 Å². The third-order valence-electron chi connectivity index (χ3n) is 2.50. The summed E-state index contributed by atoms with van der Waals surface area (Å²) in [5, 5.41) is 9.18. The Labute approximate surface area is 117 Å². The van der Waals surface area contributed by atoms with E-state index in [1.807, 2.05) is 0 Å². The zero-order valence-corrected chi connectivity index (χ0v) is 11.4. The number of carbonyl (C=O) groups excluding carboxylic acids is 2. The van der Waals surface area contributed by atoms with Gasteiger partial charge in [0.05, 0.1) is 5.76 Å². The first-order valence-corrected chi connectivity index (χ1v) is 6.25. The molecule has 0 aromatic rings. The van der Waals surface area contributed by atoms with Gasteiger partial charge in [0.25, 0.3) is 0 Å². The summed E-state index contributed by atoms with van der Waals surface area (Å²) in [5.74, 6) is -0.671. The highest BCUT2D eigenvalue weighted by Crippen LogP contribution is 2.16. The maximum Gasteiger partial charge on any atom is 0.333 e. The number of hydrogen-bond donors (Lipinski definition) is 1. The van der Waals surface area contributed by atoms with Crippen molar-refractivity contribution in [3.63, 3.8) is 0 Å². The number of aliphatic hydroxyl groups is 1. The third kappa shape index (κ3) is 6.04. The lowest BCUT2D eigenvalue weighted by Crippen LogP contribution is -2.13. The second kappa shape index (κ2) is 7.99. The van der Waals surface area contributed by atoms with E-state index < -0.39 is 11.9 Å². The normalized spacial score (nSPS) is 14.4. The topological polar surface area (TPSA) is 72.8 Å². The fourth-order valence-corrected chi connectivity index (χ4v) is 1.40. The Balaban J connectivity index is 2.24. The van der Waals surface area contributed by atoms with Crippen molar-refractivity contribution in [1.29, 1.82) is 0 Å². The zero-order chi connectivity index (χ0) is 15.0. The van der Waals surface area contributed by atoms with E-state index in [1.165, 1.54) is 6.08 Å². The Morgan fingerprint density at radius 1 is 1.30 bits per heavy atom. The number of rotatable bonds is 6. The van der Waals surface area contributed by atoms with E-state index >= 15 is 0 Å². The van der Waals surface area contributed by atoms with Crippen LogP contribution >= 0.6 is 0 Å². The fraction of sp³-hybridized carbons (Fsp3) is 0.333. The Bertz CT molecular complexity index is 482. The highest BCUT2D eigenvalue weighted by molar-refractivity contribution is 5.87. The molecule has 1 aliphatic rings. The van der Waals surface area contributed by atoms with Crippen LogP contribution in [0.5, 0.6) is 0 Å². The summed E-state index contributed by atoms with van der Waals surface area (Å²) in [7, 11) is 0. The van der Waals surface area contributed by atoms with Crippen LogP contribution in [-0.2, 0) is 19.1 Å². The second-order valence-electron chi connectivity index (χ2n) is 4.32. The van der Waals surface area contributed by atoms with Gasteiger partial charge in [0, 0.05) is 18.1 Å². The predicted octanol–water partition coefficient (Wildman–Crippen LogP) is 2.37. The van der Waals surface area contributed by atoms with Gasteiger partial charge in [-0.15, -0.1) is 0 Å². The van der Waals surface area contributed by atoms with Gasteiger partial charge in [-0.25, -0.2) is 9.59 Å². The van der Waals surface area contributed by atoms with Gasteiger partial charge >= 0.3 is 11.9 Å². The van der Waals surface area contributed by atoms with Crippen molar-refractivity contribution in [2.45, 2.75) is 19.8 Å². The molecule has 0 aromatic carbocycles. The average Bonchev–Trinajstić information content (AvgIpc) is 2.42. The van der Waals surface area contributed by atoms with Gasteiger partial charge in [-0.05, 0) is 25.0 Å². The van der Waals surface area contributed by atoms with Gasteiger partial charge in [-0.3, -0.25) is 0 Å². The maximum absolute atomic E-state index is 11.4. The molecule has 5 heteroatoms. The van der Waals surface area contributed by atoms with Crippen LogP contribution in [0.25, 0.3) is 0 Å². The summed E-state index contributed by atoms with van der Waals surface area (Å²) < 4.78 is 9.63. The summed E-state index contributed by atoms with van der Waals surface area (Å²) >= 11 is 0. The van der Waals surface area contributed by atoms with E-state index in [0.717, 1.165) is 5.57 Å². The minimum atomic E-state index is -0.504. The van der Waals surface area contributed by atoms with Crippen molar-refractivity contribution >= 4 is 11.9 Å². The van der Waals surface area contributed by atoms with Crippen molar-refractivity contribution < 1.29 is 24.2 Å². The van der Waals surface area contributed by atoms with Crippen LogP contribution in [0, 0.1) is 0 Å². The number of allylic oxidation sites excluding steroid dienone is 5. The molecule has 0 unspecified atom stereocenters. The number of hydrogen-bond acceptors (Lipinski definition) is 5. The van der Waals surface area contributed by atoms with E-state index in [9.17, 15) is 14.7 Å². The second-order valence-corrected chi connectivity index (χ2v) is 4.32. The summed E-state index contributed by atoms with van der Waals surface area (Å²) in [6.07, 6.45) is 7.56. The molecule has 1 aliphatic carbocycles. The molecule has 0 aromatic heterocycles. The number of carbonyl (C=O) groups is 2. The molecule has 0 spiro atoms. The van der Waals surface area contributed by atoms with Crippen molar-refractivity contribution in [2.75, 3.05) is 13.2 Å². The minimum Gasteiger partial charge on any atom is -0.512 e. The van der Waals surface area contributed by atoms with Gasteiger partial charge in [0.1, 0.15) is 13.2 Å². The third-order valence-corrected chi connectivity index (χ3v) is 2.50. The zero-order valence-electron chi connectivity index (χ0n) is 11.4. The molecule has 5 nitrogen and oxygen atoms in total. The molecular formula is C15H18O5. The number of esters is 2. The Hall–Kier alpha value is -2.30. The van der Waals surface area contributed by atoms with Crippen molar-refractivity contribution in [2.24, 2.45) is 0 Å². The van der Waals surface area contributed by atoms with E-state index in [4.69, 9.17) is 9.47 Å². The van der Waals surface area contributed by atoms with Crippen LogP contribution in [0.2, 0.25) is 0 Å². The Kier molecular flexibility index (Phi) is 6.29. The first kappa shape index (κ1) is 15.8. The highest BCUT2D eigenvalue weighted by Gasteiger charge is 2.05. The Morgan fingerprint density at radius 3 is 2.60 bits per heavy atom. The number of ether oxygens (including phenoxy) is 2. The molecule has 0 amide bonds. The smallest absolute Gasteiger partial charge is 0.333 e. The first-order chi connectivity index (χ1) is 9.49. The SMILES string of the molecule is C=C(C)C(=O)OCCOC(=O)/C=C/C1=CC=C(O)CC1. The molecule has 0 saturated carbocycles. The molecule has 0 fully saturated rings. The van der Waals surface area contributed by atoms with Gasteiger partial charge in [-0.1, -0.05) is 18.7 Å². The lowest BCUT2D eigenvalue weighted by atomic mass is 10.0. The molecule has 108 valence electrons. The molecule has 0 aliphatic heterocycles. The van der Waals surface area contributed by atoms with Crippen molar-refractivity contribution in [3.05, 3.63) is 47.8 Å². The van der Waals surface area contributed by atoms with E-state index in [1.54, 1.807) is 25.2 Å². The summed E-state index contributed by atoms with van der Waals surface area (Å²) in [5.41, 5.74) is 1.24. The summed E-state index contributed by atoms with van der Waals surface area (Å²) in [6, 6.07) is 0. The first-order valence-electron chi connectivity index (χ1n) is 6.25. The average molecular weight is 278 g/mol. The van der Waals surface area contributed by atoms with E-state index in [2.05, 4.69) is 6.58 Å². The molecule has 0 radical (unpaired) electrons. The number of aliphatic hydroxyl groups excluding tert-OH is 1. The highest BCUT2D eigenvalue weighted by atomic mass is 16.6. The van der Waals surface area contributed by atoms with Crippen LogP contribution < -0.4 is 0 Å². The summed E-state index contributed by atoms with van der Waals surface area (Å²) in [6.45, 7) is 4.98. The molecule has 0 saturated heterocycles. The van der Waals surface area contributed by atoms with Gasteiger partial charge in [-0.2, -0.15) is 0 Å². The van der Waals surface area contributed by atoms with E-state index in [-0.39, 0.29) is 13.2 Å². The molecule has 20 heavy (non-hydrogen) atoms. The molecule has 0 heterocycles.